The van der Waals surface area contributed by atoms with Crippen LogP contribution >= 0.6 is 11.3 Å². The van der Waals surface area contributed by atoms with E-state index in [1.165, 1.54) is 30.3 Å². The van der Waals surface area contributed by atoms with Crippen molar-refractivity contribution in [1.29, 1.82) is 0 Å². The van der Waals surface area contributed by atoms with E-state index in [4.69, 9.17) is 9.84 Å². The molecule has 1 atom stereocenters. The Hall–Kier alpha value is -1.49. The minimum Gasteiger partial charge on any atom is -0.481 e. The Bertz CT molecular complexity index is 686. The molecular formula is C15H24N2O6S2. The van der Waals surface area contributed by atoms with Gasteiger partial charge in [0.05, 0.1) is 15.7 Å². The minimum absolute atomic E-state index is 0.0175. The first-order chi connectivity index (χ1) is 11.7. The number of ether oxygens (including phenoxy) is 1. The van der Waals surface area contributed by atoms with Crippen LogP contribution in [0.5, 0.6) is 0 Å². The molecule has 1 rings (SSSR count). The summed E-state index contributed by atoms with van der Waals surface area (Å²) in [6.07, 6.45) is 0.568. The van der Waals surface area contributed by atoms with Crippen LogP contribution in [0.3, 0.4) is 0 Å². The molecule has 8 nitrogen and oxygen atoms in total. The highest BCUT2D eigenvalue weighted by Gasteiger charge is 2.24. The molecule has 1 aromatic rings. The predicted molar refractivity (Wildman–Crippen MR) is 94.4 cm³/mol. The van der Waals surface area contributed by atoms with Crippen molar-refractivity contribution in [3.05, 3.63) is 16.3 Å². The molecule has 0 spiro atoms. The maximum Gasteiger partial charge on any atom is 0.308 e. The molecule has 0 fully saturated rings. The van der Waals surface area contributed by atoms with E-state index < -0.39 is 21.9 Å². The van der Waals surface area contributed by atoms with Gasteiger partial charge in [-0.25, -0.2) is 13.1 Å². The van der Waals surface area contributed by atoms with E-state index in [9.17, 15) is 18.0 Å². The summed E-state index contributed by atoms with van der Waals surface area (Å²) in [5.74, 6) is -2.10. The Labute approximate surface area is 151 Å². The molecule has 0 aliphatic heterocycles. The molecule has 0 aliphatic carbocycles. The van der Waals surface area contributed by atoms with E-state index in [0.29, 0.717) is 26.2 Å². The highest BCUT2D eigenvalue weighted by atomic mass is 32.2. The van der Waals surface area contributed by atoms with Gasteiger partial charge in [0.1, 0.15) is 0 Å². The number of aliphatic carboxylic acids is 1. The van der Waals surface area contributed by atoms with Gasteiger partial charge in [-0.3, -0.25) is 9.59 Å². The first-order valence-corrected chi connectivity index (χ1v) is 10.2. The average molecular weight is 392 g/mol. The Balaban J connectivity index is 2.92. The van der Waals surface area contributed by atoms with Crippen LogP contribution in [0.2, 0.25) is 0 Å². The second-order valence-electron chi connectivity index (χ2n) is 5.40. The van der Waals surface area contributed by atoms with E-state index in [-0.39, 0.29) is 22.2 Å². The molecule has 0 saturated heterocycles. The molecule has 0 aliphatic rings. The maximum atomic E-state index is 12.7. The van der Waals surface area contributed by atoms with E-state index in [0.717, 1.165) is 11.3 Å². The summed E-state index contributed by atoms with van der Waals surface area (Å²) in [5, 5.41) is 10.5. The standard InChI is InChI=1S/C15H24N2O6S2/c1-4-23-7-5-6-17(9-11(2)15(19)20)14(18)13-8-12(10-24-13)25(21,22)16-3/h8,10-11,16H,4-7,9H2,1-3H3,(H,19,20). The minimum atomic E-state index is -3.62. The van der Waals surface area contributed by atoms with Crippen molar-refractivity contribution in [3.63, 3.8) is 0 Å². The number of amides is 1. The zero-order chi connectivity index (χ0) is 19.0. The number of nitrogens with zero attached hydrogens (tertiary/aromatic N) is 1. The molecule has 2 N–H and O–H groups in total. The number of carboxylic acid groups (broad SMARTS) is 1. The van der Waals surface area contributed by atoms with Crippen molar-refractivity contribution in [3.8, 4) is 0 Å². The topological polar surface area (TPSA) is 113 Å². The third-order valence-electron chi connectivity index (χ3n) is 3.49. The van der Waals surface area contributed by atoms with Crippen LogP contribution in [0.15, 0.2) is 16.3 Å². The highest BCUT2D eigenvalue weighted by Crippen LogP contribution is 2.21. The molecule has 0 bridgehead atoms. The number of hydrogen-bond acceptors (Lipinski definition) is 6. The molecule has 0 aromatic carbocycles. The van der Waals surface area contributed by atoms with Gasteiger partial charge >= 0.3 is 5.97 Å². The fourth-order valence-corrected chi connectivity index (χ4v) is 4.00. The summed E-state index contributed by atoms with van der Waals surface area (Å²) in [7, 11) is -2.33. The summed E-state index contributed by atoms with van der Waals surface area (Å²) in [6.45, 7) is 4.80. The molecule has 1 aromatic heterocycles. The number of carbonyl (C=O) groups excluding carboxylic acids is 1. The van der Waals surface area contributed by atoms with Gasteiger partial charge in [0.25, 0.3) is 5.91 Å². The lowest BCUT2D eigenvalue weighted by Gasteiger charge is -2.24. The fraction of sp³-hybridized carbons (Fsp3) is 0.600. The number of thiophene rings is 1. The van der Waals surface area contributed by atoms with Gasteiger partial charge in [0.15, 0.2) is 0 Å². The van der Waals surface area contributed by atoms with E-state index >= 15 is 0 Å². The monoisotopic (exact) mass is 392 g/mol. The lowest BCUT2D eigenvalue weighted by molar-refractivity contribution is -0.141. The Morgan fingerprint density at radius 1 is 1.44 bits per heavy atom. The van der Waals surface area contributed by atoms with Crippen molar-refractivity contribution in [2.45, 2.75) is 25.2 Å². The fourth-order valence-electron chi connectivity index (χ4n) is 2.03. The predicted octanol–water partition coefficient (Wildman–Crippen LogP) is 1.25. The lowest BCUT2D eigenvalue weighted by Crippen LogP contribution is -2.37. The second kappa shape index (κ2) is 9.85. The van der Waals surface area contributed by atoms with E-state index in [1.54, 1.807) is 0 Å². The van der Waals surface area contributed by atoms with Gasteiger partial charge in [-0.1, -0.05) is 6.92 Å². The number of sulfonamides is 1. The van der Waals surface area contributed by atoms with Crippen LogP contribution in [0.1, 0.15) is 29.9 Å². The smallest absolute Gasteiger partial charge is 0.308 e. The van der Waals surface area contributed by atoms with Crippen molar-refractivity contribution in [2.24, 2.45) is 5.92 Å². The van der Waals surface area contributed by atoms with Crippen molar-refractivity contribution < 1.29 is 27.9 Å². The van der Waals surface area contributed by atoms with Gasteiger partial charge in [0.2, 0.25) is 10.0 Å². The summed E-state index contributed by atoms with van der Waals surface area (Å²) >= 11 is 1.02. The van der Waals surface area contributed by atoms with Crippen LogP contribution in [0, 0.1) is 5.92 Å². The summed E-state index contributed by atoms with van der Waals surface area (Å²) in [4.78, 5) is 25.5. The molecule has 142 valence electrons. The van der Waals surface area contributed by atoms with Crippen molar-refractivity contribution in [2.75, 3.05) is 33.4 Å². The van der Waals surface area contributed by atoms with Crippen LogP contribution in [-0.2, 0) is 19.6 Å². The first-order valence-electron chi connectivity index (χ1n) is 7.84. The largest absolute Gasteiger partial charge is 0.481 e. The van der Waals surface area contributed by atoms with Crippen LogP contribution < -0.4 is 4.72 Å². The van der Waals surface area contributed by atoms with Crippen LogP contribution in [0.4, 0.5) is 0 Å². The Kier molecular flexibility index (Phi) is 8.50. The molecular weight excluding hydrogens is 368 g/mol. The molecule has 1 amide bonds. The van der Waals surface area contributed by atoms with E-state index in [1.807, 2.05) is 6.92 Å². The van der Waals surface area contributed by atoms with Crippen molar-refractivity contribution in [1.82, 2.24) is 9.62 Å². The zero-order valence-electron chi connectivity index (χ0n) is 14.5. The van der Waals surface area contributed by atoms with E-state index in [2.05, 4.69) is 4.72 Å². The molecule has 1 heterocycles. The average Bonchev–Trinajstić information content (AvgIpc) is 3.07. The first kappa shape index (κ1) is 21.6. The summed E-state index contributed by atoms with van der Waals surface area (Å²) < 4.78 is 31.0. The number of carboxylic acids is 1. The van der Waals surface area contributed by atoms with Gasteiger partial charge in [-0.15, -0.1) is 11.3 Å². The lowest BCUT2D eigenvalue weighted by atomic mass is 10.1. The summed E-state index contributed by atoms with van der Waals surface area (Å²) in [6, 6.07) is 1.31. The molecule has 0 radical (unpaired) electrons. The van der Waals surface area contributed by atoms with Gasteiger partial charge in [0, 0.05) is 31.7 Å². The number of nitrogens with one attached hydrogen (secondary N) is 1. The van der Waals surface area contributed by atoms with Crippen LogP contribution in [-0.4, -0.2) is 63.7 Å². The number of hydrogen-bond donors (Lipinski definition) is 2. The second-order valence-corrected chi connectivity index (χ2v) is 8.19. The highest BCUT2D eigenvalue weighted by molar-refractivity contribution is 7.89. The maximum absolute atomic E-state index is 12.7. The molecule has 1 unspecified atom stereocenters. The zero-order valence-corrected chi connectivity index (χ0v) is 16.2. The Morgan fingerprint density at radius 2 is 2.12 bits per heavy atom. The van der Waals surface area contributed by atoms with Gasteiger partial charge in [-0.2, -0.15) is 0 Å². The van der Waals surface area contributed by atoms with Crippen molar-refractivity contribution >= 4 is 33.2 Å². The van der Waals surface area contributed by atoms with Crippen LogP contribution in [0.25, 0.3) is 0 Å². The summed E-state index contributed by atoms with van der Waals surface area (Å²) in [5.41, 5.74) is 0. The quantitative estimate of drug-likeness (QED) is 0.548. The normalized spacial score (nSPS) is 12.8. The Morgan fingerprint density at radius 3 is 2.68 bits per heavy atom. The molecule has 25 heavy (non-hydrogen) atoms. The third-order valence-corrected chi connectivity index (χ3v) is 5.95. The number of carbonyl (C=O) groups is 2. The molecule has 10 heteroatoms. The molecule has 0 saturated carbocycles. The van der Waals surface area contributed by atoms with Gasteiger partial charge in [-0.05, 0) is 26.5 Å². The van der Waals surface area contributed by atoms with Gasteiger partial charge < -0.3 is 14.7 Å². The number of rotatable bonds is 11. The third kappa shape index (κ3) is 6.38. The SMILES string of the molecule is CCOCCCN(CC(C)C(=O)O)C(=O)c1cc(S(=O)(=O)NC)cs1.